The van der Waals surface area contributed by atoms with E-state index in [0.717, 1.165) is 11.1 Å². The summed E-state index contributed by atoms with van der Waals surface area (Å²) in [5, 5.41) is 8.54. The van der Waals surface area contributed by atoms with E-state index >= 15 is 0 Å². The highest BCUT2D eigenvalue weighted by Crippen LogP contribution is 2.23. The van der Waals surface area contributed by atoms with E-state index < -0.39 is 22.6 Å². The Balaban J connectivity index is 2.19. The van der Waals surface area contributed by atoms with Gasteiger partial charge in [0.25, 0.3) is 10.0 Å². The van der Waals surface area contributed by atoms with Crippen molar-refractivity contribution in [2.45, 2.75) is 18.7 Å². The topological polar surface area (TPSA) is 92.7 Å². The second-order valence-corrected chi connectivity index (χ2v) is 6.69. The number of benzene rings is 2. The fourth-order valence-corrected chi connectivity index (χ4v) is 3.05. The molecular weight excluding hydrogens is 318 g/mol. The summed E-state index contributed by atoms with van der Waals surface area (Å²) >= 11 is 0. The number of anilines is 1. The molecule has 2 rings (SSSR count). The molecule has 7 heteroatoms. The fraction of sp³-hybridized carbons (Fsp3) is 0.188. The van der Waals surface area contributed by atoms with Crippen LogP contribution in [0.2, 0.25) is 0 Å². The summed E-state index contributed by atoms with van der Waals surface area (Å²) in [6, 6.07) is 10.9. The number of aryl methyl sites for hydroxylation is 1. The lowest BCUT2D eigenvalue weighted by molar-refractivity contribution is -0.139. The standard InChI is InChI=1S/C16H17NO5S/c1-11-4-3-5-15(12(11)2)17-23(20,21)14-8-6-13(7-9-14)22-10-16(18)19/h3-9,17H,10H2,1-2H3,(H,18,19). The van der Waals surface area contributed by atoms with Crippen LogP contribution < -0.4 is 9.46 Å². The molecule has 0 amide bonds. The highest BCUT2D eigenvalue weighted by molar-refractivity contribution is 7.92. The number of nitrogens with one attached hydrogen (secondary N) is 1. The van der Waals surface area contributed by atoms with Gasteiger partial charge in [-0.1, -0.05) is 12.1 Å². The van der Waals surface area contributed by atoms with Crippen LogP contribution in [-0.4, -0.2) is 26.1 Å². The van der Waals surface area contributed by atoms with Crippen LogP contribution in [0.25, 0.3) is 0 Å². The molecule has 0 atom stereocenters. The maximum Gasteiger partial charge on any atom is 0.341 e. The minimum absolute atomic E-state index is 0.0704. The monoisotopic (exact) mass is 335 g/mol. The van der Waals surface area contributed by atoms with Crippen LogP contribution in [0.3, 0.4) is 0 Å². The maximum atomic E-state index is 12.4. The summed E-state index contributed by atoms with van der Waals surface area (Å²) in [7, 11) is -3.72. The van der Waals surface area contributed by atoms with E-state index in [1.54, 1.807) is 12.1 Å². The molecule has 0 aliphatic heterocycles. The Labute approximate surface area is 134 Å². The molecule has 0 aliphatic rings. The van der Waals surface area contributed by atoms with E-state index in [1.165, 1.54) is 24.3 Å². The van der Waals surface area contributed by atoms with Crippen LogP contribution in [0, 0.1) is 13.8 Å². The van der Waals surface area contributed by atoms with Gasteiger partial charge in [0.15, 0.2) is 6.61 Å². The molecule has 0 fully saturated rings. The molecule has 23 heavy (non-hydrogen) atoms. The van der Waals surface area contributed by atoms with Crippen molar-refractivity contribution in [3.8, 4) is 5.75 Å². The SMILES string of the molecule is Cc1cccc(NS(=O)(=O)c2ccc(OCC(=O)O)cc2)c1C. The number of ether oxygens (including phenoxy) is 1. The third kappa shape index (κ3) is 4.23. The van der Waals surface area contributed by atoms with E-state index in [0.29, 0.717) is 5.69 Å². The minimum Gasteiger partial charge on any atom is -0.482 e. The van der Waals surface area contributed by atoms with Gasteiger partial charge in [0, 0.05) is 0 Å². The minimum atomic E-state index is -3.72. The lowest BCUT2D eigenvalue weighted by Crippen LogP contribution is -2.14. The summed E-state index contributed by atoms with van der Waals surface area (Å²) in [4.78, 5) is 10.5. The molecule has 0 spiro atoms. The Morgan fingerprint density at radius 2 is 1.78 bits per heavy atom. The van der Waals surface area contributed by atoms with Crippen LogP contribution in [0.4, 0.5) is 5.69 Å². The molecule has 0 unspecified atom stereocenters. The summed E-state index contributed by atoms with van der Waals surface area (Å²) in [5.41, 5.74) is 2.37. The van der Waals surface area contributed by atoms with Gasteiger partial charge in [-0.2, -0.15) is 0 Å². The predicted molar refractivity (Wildman–Crippen MR) is 86.3 cm³/mol. The molecule has 0 aliphatic carbocycles. The first-order chi connectivity index (χ1) is 10.8. The van der Waals surface area contributed by atoms with E-state index in [2.05, 4.69) is 4.72 Å². The Kier molecular flexibility index (Phi) is 4.90. The molecule has 0 bridgehead atoms. The molecule has 2 aromatic rings. The van der Waals surface area contributed by atoms with Gasteiger partial charge in [0.05, 0.1) is 10.6 Å². The van der Waals surface area contributed by atoms with Crippen molar-refractivity contribution in [1.29, 1.82) is 0 Å². The van der Waals surface area contributed by atoms with Gasteiger partial charge in [0.2, 0.25) is 0 Å². The summed E-state index contributed by atoms with van der Waals surface area (Å²) in [6.45, 7) is 3.27. The first kappa shape index (κ1) is 16.8. The Bertz CT molecular complexity index is 813. The van der Waals surface area contributed by atoms with E-state index in [1.807, 2.05) is 19.9 Å². The van der Waals surface area contributed by atoms with Gasteiger partial charge in [-0.05, 0) is 55.3 Å². The average molecular weight is 335 g/mol. The molecule has 6 nitrogen and oxygen atoms in total. The first-order valence-electron chi connectivity index (χ1n) is 6.83. The Hall–Kier alpha value is -2.54. The van der Waals surface area contributed by atoms with Crippen molar-refractivity contribution in [3.05, 3.63) is 53.6 Å². The molecule has 0 saturated carbocycles. The van der Waals surface area contributed by atoms with Crippen molar-refractivity contribution < 1.29 is 23.1 Å². The van der Waals surface area contributed by atoms with E-state index in [-0.39, 0.29) is 10.6 Å². The van der Waals surface area contributed by atoms with Crippen LogP contribution in [0.15, 0.2) is 47.4 Å². The van der Waals surface area contributed by atoms with Crippen LogP contribution >= 0.6 is 0 Å². The molecule has 2 aromatic carbocycles. The number of carbonyl (C=O) groups is 1. The quantitative estimate of drug-likeness (QED) is 0.846. The van der Waals surface area contributed by atoms with Crippen molar-refractivity contribution >= 4 is 21.7 Å². The number of aliphatic carboxylic acids is 1. The van der Waals surface area contributed by atoms with Crippen molar-refractivity contribution in [1.82, 2.24) is 0 Å². The molecule has 2 N–H and O–H groups in total. The Morgan fingerprint density at radius 1 is 1.13 bits per heavy atom. The van der Waals surface area contributed by atoms with Gasteiger partial charge >= 0.3 is 5.97 Å². The summed E-state index contributed by atoms with van der Waals surface area (Å²) < 4.78 is 32.3. The zero-order chi connectivity index (χ0) is 17.0. The average Bonchev–Trinajstić information content (AvgIpc) is 2.50. The molecule has 122 valence electrons. The number of carboxylic acids is 1. The van der Waals surface area contributed by atoms with Gasteiger partial charge in [-0.15, -0.1) is 0 Å². The molecule has 0 radical (unpaired) electrons. The van der Waals surface area contributed by atoms with Gasteiger partial charge in [0.1, 0.15) is 5.75 Å². The highest BCUT2D eigenvalue weighted by atomic mass is 32.2. The zero-order valence-electron chi connectivity index (χ0n) is 12.7. The number of hydrogen-bond donors (Lipinski definition) is 2. The number of rotatable bonds is 6. The number of hydrogen-bond acceptors (Lipinski definition) is 4. The predicted octanol–water partition coefficient (Wildman–Crippen LogP) is 2.57. The maximum absolute atomic E-state index is 12.4. The van der Waals surface area contributed by atoms with E-state index in [9.17, 15) is 13.2 Å². The fourth-order valence-electron chi connectivity index (χ4n) is 1.93. The van der Waals surface area contributed by atoms with Gasteiger partial charge in [-0.25, -0.2) is 13.2 Å². The van der Waals surface area contributed by atoms with Crippen molar-refractivity contribution in [2.24, 2.45) is 0 Å². The molecular formula is C16H17NO5S. The van der Waals surface area contributed by atoms with Crippen molar-refractivity contribution in [2.75, 3.05) is 11.3 Å². The summed E-state index contributed by atoms with van der Waals surface area (Å²) in [5.74, 6) is -0.809. The van der Waals surface area contributed by atoms with Crippen molar-refractivity contribution in [3.63, 3.8) is 0 Å². The smallest absolute Gasteiger partial charge is 0.341 e. The Morgan fingerprint density at radius 3 is 2.39 bits per heavy atom. The summed E-state index contributed by atoms with van der Waals surface area (Å²) in [6.07, 6.45) is 0. The van der Waals surface area contributed by atoms with Gasteiger partial charge < -0.3 is 9.84 Å². The van der Waals surface area contributed by atoms with Gasteiger partial charge in [-0.3, -0.25) is 4.72 Å². The van der Waals surface area contributed by atoms with Crippen LogP contribution in [0.1, 0.15) is 11.1 Å². The normalized spacial score (nSPS) is 11.0. The molecule has 0 saturated heterocycles. The third-order valence-corrected chi connectivity index (χ3v) is 4.73. The number of carboxylic acid groups (broad SMARTS) is 1. The molecule has 0 aromatic heterocycles. The molecule has 0 heterocycles. The third-order valence-electron chi connectivity index (χ3n) is 3.35. The second kappa shape index (κ2) is 6.70. The highest BCUT2D eigenvalue weighted by Gasteiger charge is 2.15. The number of sulfonamides is 1. The van der Waals surface area contributed by atoms with E-state index in [4.69, 9.17) is 9.84 Å². The first-order valence-corrected chi connectivity index (χ1v) is 8.31. The van der Waals surface area contributed by atoms with Crippen LogP contribution in [-0.2, 0) is 14.8 Å². The lowest BCUT2D eigenvalue weighted by atomic mass is 10.1. The largest absolute Gasteiger partial charge is 0.482 e. The zero-order valence-corrected chi connectivity index (χ0v) is 13.6. The lowest BCUT2D eigenvalue weighted by Gasteiger charge is -2.12. The van der Waals surface area contributed by atoms with Crippen LogP contribution in [0.5, 0.6) is 5.75 Å². The second-order valence-electron chi connectivity index (χ2n) is 5.01.